The molecule has 1 unspecified atom stereocenters. The van der Waals surface area contributed by atoms with Gasteiger partial charge in [-0.05, 0) is 53.0 Å². The first-order valence-electron chi connectivity index (χ1n) is 7.68. The van der Waals surface area contributed by atoms with E-state index in [4.69, 9.17) is 9.47 Å². The lowest BCUT2D eigenvalue weighted by atomic mass is 10.1. The van der Waals surface area contributed by atoms with Crippen LogP contribution in [0.4, 0.5) is 4.79 Å². The van der Waals surface area contributed by atoms with E-state index in [1.807, 2.05) is 27.7 Å². The SMILES string of the molecule is CCN(CCCNCC1CCOC1)C(=O)OC(C)(C)C. The van der Waals surface area contributed by atoms with Crippen molar-refractivity contribution in [3.8, 4) is 0 Å². The second-order valence-electron chi connectivity index (χ2n) is 6.35. The number of nitrogens with one attached hydrogen (secondary N) is 1. The maximum Gasteiger partial charge on any atom is 0.410 e. The summed E-state index contributed by atoms with van der Waals surface area (Å²) in [6, 6.07) is 0. The average Bonchev–Trinajstić information content (AvgIpc) is 2.84. The van der Waals surface area contributed by atoms with Gasteiger partial charge in [0.1, 0.15) is 5.60 Å². The number of carbonyl (C=O) groups excluding carboxylic acids is 1. The van der Waals surface area contributed by atoms with E-state index in [2.05, 4.69) is 5.32 Å². The zero-order chi connectivity index (χ0) is 15.0. The Labute approximate surface area is 123 Å². The Hall–Kier alpha value is -0.810. The maximum atomic E-state index is 11.9. The van der Waals surface area contributed by atoms with Crippen molar-refractivity contribution in [2.24, 2.45) is 5.92 Å². The number of nitrogens with zero attached hydrogens (tertiary/aromatic N) is 1. The predicted molar refractivity (Wildman–Crippen MR) is 79.9 cm³/mol. The fraction of sp³-hybridized carbons (Fsp3) is 0.933. The van der Waals surface area contributed by atoms with Crippen LogP contribution < -0.4 is 5.32 Å². The van der Waals surface area contributed by atoms with Gasteiger partial charge >= 0.3 is 6.09 Å². The van der Waals surface area contributed by atoms with Crippen LogP contribution in [-0.2, 0) is 9.47 Å². The molecular formula is C15H30N2O3. The Morgan fingerprint density at radius 1 is 1.45 bits per heavy atom. The number of hydrogen-bond donors (Lipinski definition) is 1. The highest BCUT2D eigenvalue weighted by molar-refractivity contribution is 5.68. The van der Waals surface area contributed by atoms with Crippen molar-refractivity contribution in [3.63, 3.8) is 0 Å². The third-order valence-corrected chi connectivity index (χ3v) is 3.27. The molecule has 1 heterocycles. The Bertz CT molecular complexity index is 283. The van der Waals surface area contributed by atoms with Gasteiger partial charge in [0, 0.05) is 26.2 Å². The Morgan fingerprint density at radius 3 is 2.75 bits per heavy atom. The Kier molecular flexibility index (Phi) is 7.30. The number of ether oxygens (including phenoxy) is 2. The van der Waals surface area contributed by atoms with E-state index >= 15 is 0 Å². The molecule has 1 amide bonds. The van der Waals surface area contributed by atoms with E-state index in [1.54, 1.807) is 4.90 Å². The molecule has 0 radical (unpaired) electrons. The maximum absolute atomic E-state index is 11.9. The molecule has 1 rings (SSSR count). The van der Waals surface area contributed by atoms with Crippen molar-refractivity contribution in [3.05, 3.63) is 0 Å². The molecule has 0 aromatic carbocycles. The van der Waals surface area contributed by atoms with Crippen LogP contribution in [0.2, 0.25) is 0 Å². The van der Waals surface area contributed by atoms with Crippen molar-refractivity contribution < 1.29 is 14.3 Å². The lowest BCUT2D eigenvalue weighted by Gasteiger charge is -2.26. The fourth-order valence-electron chi connectivity index (χ4n) is 2.15. The second-order valence-corrected chi connectivity index (χ2v) is 6.35. The summed E-state index contributed by atoms with van der Waals surface area (Å²) < 4.78 is 10.7. The first kappa shape index (κ1) is 17.2. The molecule has 20 heavy (non-hydrogen) atoms. The second kappa shape index (κ2) is 8.47. The lowest BCUT2D eigenvalue weighted by molar-refractivity contribution is 0.0258. The number of carbonyl (C=O) groups is 1. The summed E-state index contributed by atoms with van der Waals surface area (Å²) in [5.74, 6) is 0.656. The van der Waals surface area contributed by atoms with Gasteiger partial charge in [0.25, 0.3) is 0 Å². The summed E-state index contributed by atoms with van der Waals surface area (Å²) in [4.78, 5) is 13.7. The van der Waals surface area contributed by atoms with Gasteiger partial charge in [-0.3, -0.25) is 0 Å². The monoisotopic (exact) mass is 286 g/mol. The Balaban J connectivity index is 2.12. The topological polar surface area (TPSA) is 50.8 Å². The van der Waals surface area contributed by atoms with Crippen molar-refractivity contribution in [1.29, 1.82) is 0 Å². The van der Waals surface area contributed by atoms with Gasteiger partial charge in [-0.15, -0.1) is 0 Å². The fourth-order valence-corrected chi connectivity index (χ4v) is 2.15. The largest absolute Gasteiger partial charge is 0.444 e. The van der Waals surface area contributed by atoms with Crippen LogP contribution in [0, 0.1) is 5.92 Å². The van der Waals surface area contributed by atoms with Gasteiger partial charge < -0.3 is 19.7 Å². The summed E-state index contributed by atoms with van der Waals surface area (Å²) in [6.45, 7) is 12.8. The van der Waals surface area contributed by atoms with Crippen molar-refractivity contribution >= 4 is 6.09 Å². The lowest BCUT2D eigenvalue weighted by Crippen LogP contribution is -2.38. The van der Waals surface area contributed by atoms with Crippen LogP contribution in [-0.4, -0.2) is 56.0 Å². The molecule has 1 saturated heterocycles. The van der Waals surface area contributed by atoms with Gasteiger partial charge in [-0.2, -0.15) is 0 Å². The molecule has 1 atom stereocenters. The summed E-state index contributed by atoms with van der Waals surface area (Å²) in [5, 5.41) is 3.44. The summed E-state index contributed by atoms with van der Waals surface area (Å²) in [5.41, 5.74) is -0.425. The van der Waals surface area contributed by atoms with Crippen LogP contribution in [0.3, 0.4) is 0 Å². The minimum atomic E-state index is -0.425. The average molecular weight is 286 g/mol. The summed E-state index contributed by atoms with van der Waals surface area (Å²) in [7, 11) is 0. The summed E-state index contributed by atoms with van der Waals surface area (Å²) in [6.07, 6.45) is 1.89. The molecule has 1 aliphatic rings. The molecule has 0 spiro atoms. The van der Waals surface area contributed by atoms with E-state index in [0.29, 0.717) is 12.5 Å². The molecule has 1 fully saturated rings. The summed E-state index contributed by atoms with van der Waals surface area (Å²) >= 11 is 0. The minimum absolute atomic E-state index is 0.218. The number of rotatable bonds is 7. The number of hydrogen-bond acceptors (Lipinski definition) is 4. The van der Waals surface area contributed by atoms with Crippen LogP contribution >= 0.6 is 0 Å². The van der Waals surface area contributed by atoms with Crippen molar-refractivity contribution in [2.45, 2.75) is 46.1 Å². The van der Waals surface area contributed by atoms with Gasteiger partial charge in [-0.25, -0.2) is 4.79 Å². The smallest absolute Gasteiger partial charge is 0.410 e. The first-order chi connectivity index (χ1) is 9.42. The first-order valence-corrected chi connectivity index (χ1v) is 7.68. The molecule has 0 aromatic heterocycles. The molecule has 118 valence electrons. The van der Waals surface area contributed by atoms with Gasteiger partial charge in [0.15, 0.2) is 0 Å². The zero-order valence-corrected chi connectivity index (χ0v) is 13.4. The normalized spacial score (nSPS) is 19.1. The van der Waals surface area contributed by atoms with Crippen LogP contribution in [0.1, 0.15) is 40.5 Å². The molecule has 5 heteroatoms. The highest BCUT2D eigenvalue weighted by Crippen LogP contribution is 2.11. The zero-order valence-electron chi connectivity index (χ0n) is 13.4. The standard InChI is InChI=1S/C15H30N2O3/c1-5-17(14(18)20-15(2,3)4)9-6-8-16-11-13-7-10-19-12-13/h13,16H,5-12H2,1-4H3. The Morgan fingerprint density at radius 2 is 2.20 bits per heavy atom. The van der Waals surface area contributed by atoms with Gasteiger partial charge in [0.05, 0.1) is 6.61 Å². The third kappa shape index (κ3) is 7.10. The van der Waals surface area contributed by atoms with E-state index in [9.17, 15) is 4.79 Å². The van der Waals surface area contributed by atoms with Crippen LogP contribution in [0.25, 0.3) is 0 Å². The molecule has 0 aromatic rings. The molecule has 1 aliphatic heterocycles. The van der Waals surface area contributed by atoms with E-state index in [-0.39, 0.29) is 6.09 Å². The number of amides is 1. The van der Waals surface area contributed by atoms with E-state index in [0.717, 1.165) is 45.7 Å². The molecule has 0 aliphatic carbocycles. The third-order valence-electron chi connectivity index (χ3n) is 3.27. The van der Waals surface area contributed by atoms with Crippen molar-refractivity contribution in [2.75, 3.05) is 39.4 Å². The molecule has 5 nitrogen and oxygen atoms in total. The van der Waals surface area contributed by atoms with Crippen LogP contribution in [0.5, 0.6) is 0 Å². The quantitative estimate of drug-likeness (QED) is 0.729. The van der Waals surface area contributed by atoms with Crippen molar-refractivity contribution in [1.82, 2.24) is 10.2 Å². The molecule has 1 N–H and O–H groups in total. The molecule has 0 saturated carbocycles. The highest BCUT2D eigenvalue weighted by atomic mass is 16.6. The van der Waals surface area contributed by atoms with E-state index < -0.39 is 5.60 Å². The van der Waals surface area contributed by atoms with Crippen LogP contribution in [0.15, 0.2) is 0 Å². The van der Waals surface area contributed by atoms with Gasteiger partial charge in [0.2, 0.25) is 0 Å². The molecule has 0 bridgehead atoms. The highest BCUT2D eigenvalue weighted by Gasteiger charge is 2.20. The predicted octanol–water partition coefficient (Wildman–Crippen LogP) is 2.26. The molecular weight excluding hydrogens is 256 g/mol. The minimum Gasteiger partial charge on any atom is -0.444 e. The van der Waals surface area contributed by atoms with Gasteiger partial charge in [-0.1, -0.05) is 0 Å². The van der Waals surface area contributed by atoms with E-state index in [1.165, 1.54) is 0 Å².